The first kappa shape index (κ1) is 15.3. The monoisotopic (exact) mass is 283 g/mol. The molecule has 0 radical (unpaired) electrons. The Morgan fingerprint density at radius 2 is 2.16 bits per heavy atom. The summed E-state index contributed by atoms with van der Waals surface area (Å²) in [6.45, 7) is 3.99. The third-order valence-electron chi connectivity index (χ3n) is 2.45. The maximum Gasteiger partial charge on any atom is 0.427 e. The highest BCUT2D eigenvalue weighted by Gasteiger charge is 2.09. The van der Waals surface area contributed by atoms with Crippen molar-refractivity contribution in [3.05, 3.63) is 28.8 Å². The van der Waals surface area contributed by atoms with Gasteiger partial charge in [-0.1, -0.05) is 18.5 Å². The summed E-state index contributed by atoms with van der Waals surface area (Å²) < 4.78 is 4.75. The number of benzene rings is 1. The number of hydrazone groups is 1. The van der Waals surface area contributed by atoms with Crippen LogP contribution in [0.5, 0.6) is 0 Å². The van der Waals surface area contributed by atoms with Gasteiger partial charge in [-0.15, -0.1) is 0 Å². The number of ether oxygens (including phenoxy) is 1. The summed E-state index contributed by atoms with van der Waals surface area (Å²) in [4.78, 5) is 11.2. The van der Waals surface area contributed by atoms with Crippen molar-refractivity contribution >= 4 is 29.1 Å². The Morgan fingerprint density at radius 1 is 1.42 bits per heavy atom. The van der Waals surface area contributed by atoms with E-state index in [1.165, 1.54) is 0 Å². The summed E-state index contributed by atoms with van der Waals surface area (Å²) in [5, 5.41) is 7.76. The normalized spacial score (nSPS) is 11.1. The fraction of sp³-hybridized carbons (Fsp3) is 0.385. The fourth-order valence-corrected chi connectivity index (χ4v) is 1.75. The predicted molar refractivity (Wildman–Crippen MR) is 78.0 cm³/mol. The maximum atomic E-state index is 11.2. The standard InChI is InChI=1S/C13H18ClN3O2/c1-4-11(16-17-13(18)19-5-2)10-8-9(14)6-7-12(10)15-3/h6-8,15H,4-5H2,1-3H3,(H,17,18)/b16-11-. The second kappa shape index (κ2) is 7.63. The van der Waals surface area contributed by atoms with Gasteiger partial charge in [0.05, 0.1) is 12.3 Å². The molecule has 5 nitrogen and oxygen atoms in total. The van der Waals surface area contributed by atoms with Gasteiger partial charge in [0.1, 0.15) is 0 Å². The van der Waals surface area contributed by atoms with Crippen LogP contribution in [0.3, 0.4) is 0 Å². The van der Waals surface area contributed by atoms with E-state index < -0.39 is 6.09 Å². The quantitative estimate of drug-likeness (QED) is 0.644. The molecule has 0 spiro atoms. The van der Waals surface area contributed by atoms with Crippen molar-refractivity contribution in [1.82, 2.24) is 5.43 Å². The van der Waals surface area contributed by atoms with Crippen LogP contribution >= 0.6 is 11.6 Å². The van der Waals surface area contributed by atoms with Crippen molar-refractivity contribution in [2.75, 3.05) is 19.0 Å². The molecule has 0 aliphatic rings. The van der Waals surface area contributed by atoms with Crippen molar-refractivity contribution in [2.24, 2.45) is 5.10 Å². The van der Waals surface area contributed by atoms with Crippen LogP contribution in [-0.2, 0) is 4.74 Å². The summed E-state index contributed by atoms with van der Waals surface area (Å²) in [6.07, 6.45) is 0.0861. The molecule has 0 fully saturated rings. The van der Waals surface area contributed by atoms with Crippen LogP contribution in [-0.4, -0.2) is 25.5 Å². The summed E-state index contributed by atoms with van der Waals surface area (Å²) in [5.74, 6) is 0. The summed E-state index contributed by atoms with van der Waals surface area (Å²) >= 11 is 5.99. The van der Waals surface area contributed by atoms with Crippen LogP contribution in [0.2, 0.25) is 5.02 Å². The van der Waals surface area contributed by atoms with E-state index in [-0.39, 0.29) is 0 Å². The van der Waals surface area contributed by atoms with Crippen molar-refractivity contribution in [3.63, 3.8) is 0 Å². The smallest absolute Gasteiger partial charge is 0.427 e. The van der Waals surface area contributed by atoms with Gasteiger partial charge in [0.2, 0.25) is 0 Å². The lowest BCUT2D eigenvalue weighted by Crippen LogP contribution is -2.21. The Kier molecular flexibility index (Phi) is 6.15. The molecule has 1 amide bonds. The van der Waals surface area contributed by atoms with Crippen LogP contribution in [0.15, 0.2) is 23.3 Å². The van der Waals surface area contributed by atoms with Crippen LogP contribution in [0.25, 0.3) is 0 Å². The highest BCUT2D eigenvalue weighted by Crippen LogP contribution is 2.22. The minimum Gasteiger partial charge on any atom is -0.449 e. The summed E-state index contributed by atoms with van der Waals surface area (Å²) in [7, 11) is 1.82. The molecule has 0 saturated carbocycles. The average Bonchev–Trinajstić information content (AvgIpc) is 2.40. The average molecular weight is 284 g/mol. The number of anilines is 1. The van der Waals surface area contributed by atoms with Gasteiger partial charge in [-0.2, -0.15) is 5.10 Å². The first-order valence-electron chi connectivity index (χ1n) is 6.09. The number of nitrogens with one attached hydrogen (secondary N) is 2. The molecule has 0 unspecified atom stereocenters. The van der Waals surface area contributed by atoms with E-state index in [0.29, 0.717) is 18.1 Å². The molecule has 1 aromatic carbocycles. The minimum atomic E-state index is -0.568. The molecule has 6 heteroatoms. The zero-order chi connectivity index (χ0) is 14.3. The third kappa shape index (κ3) is 4.44. The predicted octanol–water partition coefficient (Wildman–Crippen LogP) is 3.24. The molecule has 0 aliphatic heterocycles. The molecule has 0 saturated heterocycles. The van der Waals surface area contributed by atoms with E-state index in [1.54, 1.807) is 13.0 Å². The zero-order valence-electron chi connectivity index (χ0n) is 11.3. The maximum absolute atomic E-state index is 11.2. The molecule has 1 rings (SSSR count). The van der Waals surface area contributed by atoms with E-state index in [9.17, 15) is 4.79 Å². The van der Waals surface area contributed by atoms with Crippen LogP contribution < -0.4 is 10.7 Å². The molecule has 0 bridgehead atoms. The summed E-state index contributed by atoms with van der Waals surface area (Å²) in [6, 6.07) is 5.47. The Bertz CT molecular complexity index is 475. The largest absolute Gasteiger partial charge is 0.449 e. The van der Waals surface area contributed by atoms with Gasteiger partial charge in [-0.25, -0.2) is 10.2 Å². The minimum absolute atomic E-state index is 0.307. The number of amides is 1. The number of halogens is 1. The molecular weight excluding hydrogens is 266 g/mol. The van der Waals surface area contributed by atoms with Gasteiger partial charge in [-0.3, -0.25) is 0 Å². The van der Waals surface area contributed by atoms with E-state index in [4.69, 9.17) is 16.3 Å². The SMILES string of the molecule is CCOC(=O)N/N=C(/CC)c1cc(Cl)ccc1NC. The highest BCUT2D eigenvalue weighted by molar-refractivity contribution is 6.31. The van der Waals surface area contributed by atoms with E-state index in [0.717, 1.165) is 17.0 Å². The molecule has 0 aliphatic carbocycles. The topological polar surface area (TPSA) is 62.7 Å². The Labute approximate surface area is 118 Å². The van der Waals surface area contributed by atoms with Gasteiger partial charge in [0.25, 0.3) is 0 Å². The molecule has 104 valence electrons. The third-order valence-corrected chi connectivity index (χ3v) is 2.69. The van der Waals surface area contributed by atoms with Gasteiger partial charge >= 0.3 is 6.09 Å². The number of hydrogen-bond donors (Lipinski definition) is 2. The second-order valence-electron chi connectivity index (χ2n) is 3.68. The van der Waals surface area contributed by atoms with Crippen molar-refractivity contribution in [2.45, 2.75) is 20.3 Å². The lowest BCUT2D eigenvalue weighted by atomic mass is 10.1. The van der Waals surface area contributed by atoms with Gasteiger partial charge in [-0.05, 0) is 31.5 Å². The molecule has 19 heavy (non-hydrogen) atoms. The highest BCUT2D eigenvalue weighted by atomic mass is 35.5. The van der Waals surface area contributed by atoms with Crippen LogP contribution in [0.4, 0.5) is 10.5 Å². The first-order chi connectivity index (χ1) is 9.12. The van der Waals surface area contributed by atoms with E-state index in [2.05, 4.69) is 15.8 Å². The number of hydrogen-bond acceptors (Lipinski definition) is 4. The van der Waals surface area contributed by atoms with E-state index in [1.807, 2.05) is 26.1 Å². The Morgan fingerprint density at radius 3 is 2.74 bits per heavy atom. The molecule has 1 aromatic rings. The van der Waals surface area contributed by atoms with Gasteiger partial charge in [0.15, 0.2) is 0 Å². The van der Waals surface area contributed by atoms with Gasteiger partial charge < -0.3 is 10.1 Å². The van der Waals surface area contributed by atoms with E-state index >= 15 is 0 Å². The second-order valence-corrected chi connectivity index (χ2v) is 4.12. The number of rotatable bonds is 5. The first-order valence-corrected chi connectivity index (χ1v) is 6.47. The van der Waals surface area contributed by atoms with Gasteiger partial charge in [0, 0.05) is 23.3 Å². The Balaban J connectivity index is 2.99. The molecule has 0 heterocycles. The Hall–Kier alpha value is -1.75. The molecule has 2 N–H and O–H groups in total. The fourth-order valence-electron chi connectivity index (χ4n) is 1.58. The van der Waals surface area contributed by atoms with Crippen molar-refractivity contribution in [1.29, 1.82) is 0 Å². The number of carbonyl (C=O) groups is 1. The summed E-state index contributed by atoms with van der Waals surface area (Å²) in [5.41, 5.74) is 4.84. The lowest BCUT2D eigenvalue weighted by molar-refractivity contribution is 0.152. The molecule has 0 aromatic heterocycles. The lowest BCUT2D eigenvalue weighted by Gasteiger charge is -2.11. The van der Waals surface area contributed by atoms with Crippen LogP contribution in [0, 0.1) is 0 Å². The number of carbonyl (C=O) groups excluding carboxylic acids is 1. The zero-order valence-corrected chi connectivity index (χ0v) is 12.0. The molecular formula is C13H18ClN3O2. The van der Waals surface area contributed by atoms with Crippen molar-refractivity contribution < 1.29 is 9.53 Å². The number of nitrogens with zero attached hydrogens (tertiary/aromatic N) is 1. The molecule has 0 atom stereocenters. The van der Waals surface area contributed by atoms with Crippen LogP contribution in [0.1, 0.15) is 25.8 Å². The van der Waals surface area contributed by atoms with Crippen molar-refractivity contribution in [3.8, 4) is 0 Å².